The lowest BCUT2D eigenvalue weighted by molar-refractivity contribution is -0.131. The van der Waals surface area contributed by atoms with Gasteiger partial charge in [0, 0.05) is 11.6 Å². The number of rotatable bonds is 2. The van der Waals surface area contributed by atoms with Gasteiger partial charge in [0.15, 0.2) is 23.3 Å². The molecule has 1 aromatic rings. The zero-order valence-corrected chi connectivity index (χ0v) is 7.97. The molecule has 0 amide bonds. The molecule has 0 spiro atoms. The fourth-order valence-electron chi connectivity index (χ4n) is 1.06. The van der Waals surface area contributed by atoms with Gasteiger partial charge in [-0.3, -0.25) is 0 Å². The molecule has 0 heterocycles. The van der Waals surface area contributed by atoms with Gasteiger partial charge in [0.1, 0.15) is 6.07 Å². The summed E-state index contributed by atoms with van der Waals surface area (Å²) in [5, 5.41) is 16.9. The lowest BCUT2D eigenvalue weighted by Gasteiger charge is -2.03. The van der Waals surface area contributed by atoms with E-state index in [0.717, 1.165) is 0 Å². The van der Waals surface area contributed by atoms with Crippen molar-refractivity contribution in [3.63, 3.8) is 0 Å². The van der Waals surface area contributed by atoms with E-state index in [4.69, 9.17) is 10.4 Å². The Balaban J connectivity index is 3.53. The predicted molar refractivity (Wildman–Crippen MR) is 47.5 cm³/mol. The molecule has 0 radical (unpaired) electrons. The summed E-state index contributed by atoms with van der Waals surface area (Å²) in [7, 11) is 0. The van der Waals surface area contributed by atoms with Crippen molar-refractivity contribution in [3.8, 4) is 6.07 Å². The molecule has 0 fully saturated rings. The lowest BCUT2D eigenvalue weighted by Crippen LogP contribution is -2.02. The number of nitrogens with zero attached hydrogens (tertiary/aromatic N) is 1. The van der Waals surface area contributed by atoms with Crippen LogP contribution in [0.4, 0.5) is 17.6 Å². The first kappa shape index (κ1) is 12.7. The number of carbonyl (C=O) groups is 1. The van der Waals surface area contributed by atoms with Gasteiger partial charge in [-0.25, -0.2) is 22.4 Å². The van der Waals surface area contributed by atoms with Crippen LogP contribution in [-0.2, 0) is 4.79 Å². The molecule has 0 saturated heterocycles. The first-order chi connectivity index (χ1) is 7.88. The largest absolute Gasteiger partial charge is 0.478 e. The summed E-state index contributed by atoms with van der Waals surface area (Å²) >= 11 is 0. The van der Waals surface area contributed by atoms with Crippen molar-refractivity contribution in [1.82, 2.24) is 0 Å². The highest BCUT2D eigenvalue weighted by Gasteiger charge is 2.21. The van der Waals surface area contributed by atoms with E-state index in [-0.39, 0.29) is 12.1 Å². The van der Waals surface area contributed by atoms with E-state index in [1.165, 1.54) is 6.07 Å². The van der Waals surface area contributed by atoms with Crippen LogP contribution in [0.2, 0.25) is 0 Å². The van der Waals surface area contributed by atoms with Gasteiger partial charge in [0.25, 0.3) is 0 Å². The average Bonchev–Trinajstić information content (AvgIpc) is 2.28. The number of allylic oxidation sites excluding steroid dienone is 1. The third kappa shape index (κ3) is 2.42. The van der Waals surface area contributed by atoms with Crippen LogP contribution in [0.1, 0.15) is 5.56 Å². The van der Waals surface area contributed by atoms with Crippen molar-refractivity contribution >= 4 is 11.5 Å². The minimum absolute atomic E-state index is 0.214. The Morgan fingerprint density at radius 2 is 1.82 bits per heavy atom. The van der Waals surface area contributed by atoms with Crippen LogP contribution in [0, 0.1) is 34.6 Å². The molecule has 0 saturated carbocycles. The smallest absolute Gasteiger partial charge is 0.329 e. The van der Waals surface area contributed by atoms with E-state index in [1.54, 1.807) is 0 Å². The van der Waals surface area contributed by atoms with Crippen molar-refractivity contribution in [2.75, 3.05) is 0 Å². The molecule has 0 bridgehead atoms. The molecular weight excluding hydrogens is 242 g/mol. The summed E-state index contributed by atoms with van der Waals surface area (Å²) in [5.74, 6) is -9.28. The van der Waals surface area contributed by atoms with Gasteiger partial charge in [-0.2, -0.15) is 5.26 Å². The molecule has 88 valence electrons. The van der Waals surface area contributed by atoms with Crippen LogP contribution >= 0.6 is 0 Å². The van der Waals surface area contributed by atoms with Crippen LogP contribution < -0.4 is 0 Å². The second-order valence-corrected chi connectivity index (χ2v) is 2.86. The second kappa shape index (κ2) is 4.65. The molecule has 0 aliphatic carbocycles. The Bertz CT molecular complexity index is 560. The van der Waals surface area contributed by atoms with Gasteiger partial charge in [0.2, 0.25) is 0 Å². The predicted octanol–water partition coefficient (Wildman–Crippen LogP) is 2.23. The normalized spacial score (nSPS) is 11.1. The Morgan fingerprint density at radius 3 is 2.29 bits per heavy atom. The molecule has 1 aromatic carbocycles. The molecule has 7 heteroatoms. The molecular formula is C10H3F4NO2. The highest BCUT2D eigenvalue weighted by molar-refractivity contribution is 5.94. The Labute approximate surface area is 92.2 Å². The van der Waals surface area contributed by atoms with Crippen molar-refractivity contribution in [2.45, 2.75) is 0 Å². The van der Waals surface area contributed by atoms with Crippen LogP contribution in [0.3, 0.4) is 0 Å². The van der Waals surface area contributed by atoms with Gasteiger partial charge in [-0.05, 0) is 6.07 Å². The van der Waals surface area contributed by atoms with E-state index in [1.807, 2.05) is 0 Å². The van der Waals surface area contributed by atoms with Gasteiger partial charge in [0.05, 0.1) is 5.57 Å². The first-order valence-corrected chi connectivity index (χ1v) is 4.06. The molecule has 0 aliphatic heterocycles. The summed E-state index contributed by atoms with van der Waals surface area (Å²) in [5.41, 5.74) is -1.78. The van der Waals surface area contributed by atoms with Crippen molar-refractivity contribution in [2.24, 2.45) is 0 Å². The lowest BCUT2D eigenvalue weighted by atomic mass is 10.1. The molecule has 1 N–H and O–H groups in total. The maximum Gasteiger partial charge on any atom is 0.329 e. The number of nitriles is 1. The van der Waals surface area contributed by atoms with Crippen LogP contribution in [-0.4, -0.2) is 11.1 Å². The summed E-state index contributed by atoms with van der Waals surface area (Å²) < 4.78 is 51.4. The third-order valence-electron chi connectivity index (χ3n) is 1.78. The number of halogens is 4. The molecule has 0 unspecified atom stereocenters. The standard InChI is InChI=1S/C10H3F4NO2/c11-6-2-5(4(3-15)1-7(16)17)8(12)10(14)9(6)13/h1-2H,(H,16,17). The molecule has 17 heavy (non-hydrogen) atoms. The van der Waals surface area contributed by atoms with E-state index < -0.39 is 40.4 Å². The summed E-state index contributed by atoms with van der Waals surface area (Å²) in [6.07, 6.45) is 0.259. The Hall–Kier alpha value is -2.36. The number of benzene rings is 1. The minimum Gasteiger partial charge on any atom is -0.478 e. The number of hydrogen-bond acceptors (Lipinski definition) is 2. The van der Waals surface area contributed by atoms with Crippen molar-refractivity contribution in [3.05, 3.63) is 41.0 Å². The SMILES string of the molecule is N#CC(=CC(=O)O)c1cc(F)c(F)c(F)c1F. The third-order valence-corrected chi connectivity index (χ3v) is 1.78. The maximum atomic E-state index is 13.2. The van der Waals surface area contributed by atoms with Gasteiger partial charge in [-0.15, -0.1) is 0 Å². The highest BCUT2D eigenvalue weighted by atomic mass is 19.2. The quantitative estimate of drug-likeness (QED) is 0.286. The van der Waals surface area contributed by atoms with Gasteiger partial charge >= 0.3 is 5.97 Å². The molecule has 1 rings (SSSR count). The zero-order chi connectivity index (χ0) is 13.2. The average molecular weight is 245 g/mol. The molecule has 0 aliphatic rings. The Kier molecular flexibility index (Phi) is 3.48. The van der Waals surface area contributed by atoms with E-state index in [0.29, 0.717) is 0 Å². The van der Waals surface area contributed by atoms with E-state index in [2.05, 4.69) is 0 Å². The minimum atomic E-state index is -2.11. The van der Waals surface area contributed by atoms with Gasteiger partial charge in [-0.1, -0.05) is 0 Å². The topological polar surface area (TPSA) is 61.1 Å². The number of hydrogen-bond donors (Lipinski definition) is 1. The number of carboxylic acids is 1. The fourth-order valence-corrected chi connectivity index (χ4v) is 1.06. The van der Waals surface area contributed by atoms with Crippen LogP contribution in [0.15, 0.2) is 12.1 Å². The monoisotopic (exact) mass is 245 g/mol. The van der Waals surface area contributed by atoms with E-state index >= 15 is 0 Å². The molecule has 3 nitrogen and oxygen atoms in total. The highest BCUT2D eigenvalue weighted by Crippen LogP contribution is 2.24. The number of carboxylic acid groups (broad SMARTS) is 1. The second-order valence-electron chi connectivity index (χ2n) is 2.86. The number of aliphatic carboxylic acids is 1. The van der Waals surface area contributed by atoms with Crippen LogP contribution in [0.25, 0.3) is 5.57 Å². The summed E-state index contributed by atoms with van der Waals surface area (Å²) in [6.45, 7) is 0. The summed E-state index contributed by atoms with van der Waals surface area (Å²) in [6, 6.07) is 1.46. The Morgan fingerprint density at radius 1 is 1.24 bits per heavy atom. The van der Waals surface area contributed by atoms with Gasteiger partial charge < -0.3 is 5.11 Å². The molecule has 0 atom stereocenters. The van der Waals surface area contributed by atoms with Crippen molar-refractivity contribution < 1.29 is 27.5 Å². The van der Waals surface area contributed by atoms with Crippen LogP contribution in [0.5, 0.6) is 0 Å². The maximum absolute atomic E-state index is 13.2. The fraction of sp³-hybridized carbons (Fsp3) is 0. The van der Waals surface area contributed by atoms with E-state index in [9.17, 15) is 22.4 Å². The molecule has 0 aromatic heterocycles. The summed E-state index contributed by atoms with van der Waals surface area (Å²) in [4.78, 5) is 10.3. The first-order valence-electron chi connectivity index (χ1n) is 4.06. The van der Waals surface area contributed by atoms with Crippen molar-refractivity contribution in [1.29, 1.82) is 5.26 Å². The zero-order valence-electron chi connectivity index (χ0n) is 7.97.